The van der Waals surface area contributed by atoms with Gasteiger partial charge in [0.25, 0.3) is 0 Å². The van der Waals surface area contributed by atoms with Crippen LogP contribution in [0.1, 0.15) is 19.8 Å². The van der Waals surface area contributed by atoms with Crippen LogP contribution in [0.4, 0.5) is 0 Å². The van der Waals surface area contributed by atoms with Crippen molar-refractivity contribution in [3.8, 4) is 0 Å². The second-order valence-electron chi connectivity index (χ2n) is 1.77. The molecule has 0 aliphatic rings. The maximum Gasteiger partial charge on any atom is 0.0728 e. The molecule has 2 nitrogen and oxygen atoms in total. The van der Waals surface area contributed by atoms with Crippen LogP contribution in [-0.4, -0.2) is 18.2 Å². The van der Waals surface area contributed by atoms with E-state index in [-0.39, 0.29) is 0 Å². The van der Waals surface area contributed by atoms with Gasteiger partial charge in [-0.15, -0.1) is 0 Å². The van der Waals surface area contributed by atoms with E-state index < -0.39 is 0 Å². The molecule has 3 heteroatoms. The SMILES string of the molecule is CCOCCCC(N)=S. The number of hydrogen-bond donors (Lipinski definition) is 1. The number of hydrogen-bond acceptors (Lipinski definition) is 2. The fraction of sp³-hybridized carbons (Fsp3) is 0.833. The molecule has 0 rings (SSSR count). The first-order valence-corrected chi connectivity index (χ1v) is 3.54. The molecule has 0 heterocycles. The normalized spacial score (nSPS) is 9.44. The maximum atomic E-state index is 5.25. The van der Waals surface area contributed by atoms with E-state index in [1.165, 1.54) is 0 Å². The summed E-state index contributed by atoms with van der Waals surface area (Å²) in [4.78, 5) is 0.578. The van der Waals surface area contributed by atoms with Gasteiger partial charge >= 0.3 is 0 Å². The monoisotopic (exact) mass is 147 g/mol. The molecule has 0 atom stereocenters. The van der Waals surface area contributed by atoms with Gasteiger partial charge in [-0.25, -0.2) is 0 Å². The summed E-state index contributed by atoms with van der Waals surface area (Å²) in [7, 11) is 0. The Morgan fingerprint density at radius 3 is 2.78 bits per heavy atom. The molecule has 0 radical (unpaired) electrons. The van der Waals surface area contributed by atoms with E-state index in [1.807, 2.05) is 6.92 Å². The van der Waals surface area contributed by atoms with Crippen molar-refractivity contribution in [3.63, 3.8) is 0 Å². The van der Waals surface area contributed by atoms with Gasteiger partial charge in [-0.05, 0) is 19.8 Å². The van der Waals surface area contributed by atoms with Gasteiger partial charge in [-0.2, -0.15) is 0 Å². The molecule has 0 aliphatic heterocycles. The third kappa shape index (κ3) is 7.85. The van der Waals surface area contributed by atoms with Crippen molar-refractivity contribution in [2.75, 3.05) is 13.2 Å². The van der Waals surface area contributed by atoms with Crippen molar-refractivity contribution in [1.29, 1.82) is 0 Å². The predicted octanol–water partition coefficient (Wildman–Crippen LogP) is 1.09. The first kappa shape index (κ1) is 8.85. The minimum Gasteiger partial charge on any atom is -0.393 e. The summed E-state index contributed by atoms with van der Waals surface area (Å²) in [6.45, 7) is 3.52. The number of nitrogens with two attached hydrogens (primary N) is 1. The Hall–Kier alpha value is -0.150. The summed E-state index contributed by atoms with van der Waals surface area (Å²) in [5.41, 5.74) is 5.25. The molecular formula is C6H13NOS. The number of ether oxygens (including phenoxy) is 1. The van der Waals surface area contributed by atoms with Gasteiger partial charge in [0.1, 0.15) is 0 Å². The van der Waals surface area contributed by atoms with Crippen LogP contribution in [-0.2, 0) is 4.74 Å². The highest BCUT2D eigenvalue weighted by Crippen LogP contribution is 1.89. The minimum absolute atomic E-state index is 0.578. The zero-order valence-electron chi connectivity index (χ0n) is 5.72. The second-order valence-corrected chi connectivity index (χ2v) is 2.29. The molecule has 9 heavy (non-hydrogen) atoms. The highest BCUT2D eigenvalue weighted by Gasteiger charge is 1.88. The molecule has 0 aromatic heterocycles. The summed E-state index contributed by atoms with van der Waals surface area (Å²) in [6, 6.07) is 0. The number of thiocarbonyl (C=S) groups is 1. The highest BCUT2D eigenvalue weighted by atomic mass is 32.1. The summed E-state index contributed by atoms with van der Waals surface area (Å²) in [5, 5.41) is 0. The van der Waals surface area contributed by atoms with Crippen molar-refractivity contribution >= 4 is 17.2 Å². The lowest BCUT2D eigenvalue weighted by molar-refractivity contribution is 0.146. The predicted molar refractivity (Wildman–Crippen MR) is 42.5 cm³/mol. The third-order valence-electron chi connectivity index (χ3n) is 0.916. The van der Waals surface area contributed by atoms with Gasteiger partial charge in [0.15, 0.2) is 0 Å². The van der Waals surface area contributed by atoms with Crippen LogP contribution in [0.15, 0.2) is 0 Å². The molecule has 0 saturated carbocycles. The molecule has 0 amide bonds. The van der Waals surface area contributed by atoms with Crippen molar-refractivity contribution in [1.82, 2.24) is 0 Å². The van der Waals surface area contributed by atoms with E-state index >= 15 is 0 Å². The molecular weight excluding hydrogens is 134 g/mol. The topological polar surface area (TPSA) is 35.2 Å². The molecule has 2 N–H and O–H groups in total. The van der Waals surface area contributed by atoms with Crippen LogP contribution in [0.5, 0.6) is 0 Å². The third-order valence-corrected chi connectivity index (χ3v) is 1.12. The largest absolute Gasteiger partial charge is 0.393 e. The van der Waals surface area contributed by atoms with Crippen molar-refractivity contribution < 1.29 is 4.74 Å². The lowest BCUT2D eigenvalue weighted by Crippen LogP contribution is -2.08. The Labute approximate surface area is 61.4 Å². The average molecular weight is 147 g/mol. The van der Waals surface area contributed by atoms with Gasteiger partial charge in [0.05, 0.1) is 4.99 Å². The fourth-order valence-electron chi connectivity index (χ4n) is 0.493. The highest BCUT2D eigenvalue weighted by molar-refractivity contribution is 7.80. The molecule has 0 aliphatic carbocycles. The van der Waals surface area contributed by atoms with E-state index in [0.29, 0.717) is 4.99 Å². The first-order valence-electron chi connectivity index (χ1n) is 3.13. The molecule has 0 saturated heterocycles. The smallest absolute Gasteiger partial charge is 0.0728 e. The molecule has 0 unspecified atom stereocenters. The maximum absolute atomic E-state index is 5.25. The molecule has 0 aromatic rings. The second kappa shape index (κ2) is 5.98. The van der Waals surface area contributed by atoms with Crippen LogP contribution in [0.3, 0.4) is 0 Å². The van der Waals surface area contributed by atoms with Crippen molar-refractivity contribution in [2.45, 2.75) is 19.8 Å². The zero-order chi connectivity index (χ0) is 7.11. The Morgan fingerprint density at radius 1 is 1.67 bits per heavy atom. The Bertz CT molecular complexity index is 85.1. The zero-order valence-corrected chi connectivity index (χ0v) is 6.54. The first-order chi connectivity index (χ1) is 4.27. The average Bonchev–Trinajstić information content (AvgIpc) is 1.80. The van der Waals surface area contributed by atoms with E-state index in [2.05, 4.69) is 12.2 Å². The van der Waals surface area contributed by atoms with Gasteiger partial charge < -0.3 is 10.5 Å². The molecule has 54 valence electrons. The van der Waals surface area contributed by atoms with E-state index in [9.17, 15) is 0 Å². The van der Waals surface area contributed by atoms with Crippen molar-refractivity contribution in [2.24, 2.45) is 5.73 Å². The van der Waals surface area contributed by atoms with E-state index in [1.54, 1.807) is 0 Å². The van der Waals surface area contributed by atoms with Gasteiger partial charge in [0, 0.05) is 13.2 Å². The Balaban J connectivity index is 2.83. The Morgan fingerprint density at radius 2 is 2.33 bits per heavy atom. The van der Waals surface area contributed by atoms with Crippen LogP contribution < -0.4 is 5.73 Å². The molecule has 0 bridgehead atoms. The lowest BCUT2D eigenvalue weighted by atomic mass is 10.3. The fourth-order valence-corrected chi connectivity index (χ4v) is 0.637. The quantitative estimate of drug-likeness (QED) is 0.467. The lowest BCUT2D eigenvalue weighted by Gasteiger charge is -1.98. The summed E-state index contributed by atoms with van der Waals surface area (Å²) < 4.78 is 5.07. The van der Waals surface area contributed by atoms with Crippen LogP contribution in [0, 0.1) is 0 Å². The molecule has 0 fully saturated rings. The van der Waals surface area contributed by atoms with E-state index in [4.69, 9.17) is 10.5 Å². The Kier molecular flexibility index (Phi) is 5.88. The van der Waals surface area contributed by atoms with Gasteiger partial charge in [-0.1, -0.05) is 12.2 Å². The minimum atomic E-state index is 0.578. The van der Waals surface area contributed by atoms with Gasteiger partial charge in [-0.3, -0.25) is 0 Å². The summed E-state index contributed by atoms with van der Waals surface area (Å²) in [6.07, 6.45) is 1.75. The van der Waals surface area contributed by atoms with Gasteiger partial charge in [0.2, 0.25) is 0 Å². The standard InChI is InChI=1S/C6H13NOS/c1-2-8-5-3-4-6(7)9/h2-5H2,1H3,(H2,7,9). The van der Waals surface area contributed by atoms with Crippen LogP contribution >= 0.6 is 12.2 Å². The molecule has 0 aromatic carbocycles. The number of rotatable bonds is 5. The van der Waals surface area contributed by atoms with Crippen LogP contribution in [0.2, 0.25) is 0 Å². The van der Waals surface area contributed by atoms with Crippen molar-refractivity contribution in [3.05, 3.63) is 0 Å². The van der Waals surface area contributed by atoms with E-state index in [0.717, 1.165) is 26.1 Å². The summed E-state index contributed by atoms with van der Waals surface area (Å²) in [5.74, 6) is 0. The summed E-state index contributed by atoms with van der Waals surface area (Å²) >= 11 is 4.67. The molecule has 0 spiro atoms. The van der Waals surface area contributed by atoms with Crippen LogP contribution in [0.25, 0.3) is 0 Å².